The molecule has 1 aliphatic heterocycles. The van der Waals surface area contributed by atoms with Gasteiger partial charge >= 0.3 is 0 Å². The van der Waals surface area contributed by atoms with E-state index in [9.17, 15) is 0 Å². The van der Waals surface area contributed by atoms with Gasteiger partial charge in [-0.2, -0.15) is 5.10 Å². The third kappa shape index (κ3) is 1.74. The maximum atomic E-state index is 5.38. The number of nitrogens with zero attached hydrogens (tertiary/aromatic N) is 2. The number of aromatic nitrogens is 3. The van der Waals surface area contributed by atoms with Gasteiger partial charge in [-0.15, -0.1) is 0 Å². The second-order valence-corrected chi connectivity index (χ2v) is 4.76. The van der Waals surface area contributed by atoms with Crippen molar-refractivity contribution in [2.75, 3.05) is 13.2 Å². The number of aromatic amines is 1. The SMILES string of the molecule is S=c1[nH]nc(C2CC2)n1C1CCOCC1. The fourth-order valence-corrected chi connectivity index (χ4v) is 2.53. The van der Waals surface area contributed by atoms with E-state index in [4.69, 9.17) is 17.0 Å². The van der Waals surface area contributed by atoms with Crippen LogP contribution in [-0.4, -0.2) is 28.0 Å². The minimum atomic E-state index is 0.501. The number of rotatable bonds is 2. The van der Waals surface area contributed by atoms with Crippen molar-refractivity contribution in [2.45, 2.75) is 37.6 Å². The lowest BCUT2D eigenvalue weighted by molar-refractivity contribution is 0.0684. The summed E-state index contributed by atoms with van der Waals surface area (Å²) in [6.07, 6.45) is 4.66. The van der Waals surface area contributed by atoms with Crippen LogP contribution in [0.2, 0.25) is 0 Å². The average Bonchev–Trinajstić information content (AvgIpc) is 3.04. The first kappa shape index (κ1) is 9.54. The molecule has 0 atom stereocenters. The lowest BCUT2D eigenvalue weighted by Crippen LogP contribution is -2.21. The van der Waals surface area contributed by atoms with Crippen LogP contribution in [0.3, 0.4) is 0 Å². The van der Waals surface area contributed by atoms with Crippen molar-refractivity contribution in [3.63, 3.8) is 0 Å². The van der Waals surface area contributed by atoms with Crippen LogP contribution in [0.25, 0.3) is 0 Å². The zero-order valence-corrected chi connectivity index (χ0v) is 9.42. The lowest BCUT2D eigenvalue weighted by Gasteiger charge is -2.24. The van der Waals surface area contributed by atoms with Gasteiger partial charge in [0.1, 0.15) is 5.82 Å². The summed E-state index contributed by atoms with van der Waals surface area (Å²) in [5.74, 6) is 1.83. The van der Waals surface area contributed by atoms with E-state index in [1.807, 2.05) is 0 Å². The molecule has 2 heterocycles. The predicted molar refractivity (Wildman–Crippen MR) is 58.5 cm³/mol. The molecule has 1 saturated carbocycles. The van der Waals surface area contributed by atoms with Crippen LogP contribution in [-0.2, 0) is 4.74 Å². The summed E-state index contributed by atoms with van der Waals surface area (Å²) >= 11 is 5.30. The van der Waals surface area contributed by atoms with E-state index in [0.717, 1.165) is 30.8 Å². The van der Waals surface area contributed by atoms with Crippen LogP contribution in [0.5, 0.6) is 0 Å². The second-order valence-electron chi connectivity index (χ2n) is 4.37. The Labute approximate surface area is 93.6 Å². The van der Waals surface area contributed by atoms with E-state index in [1.165, 1.54) is 18.7 Å². The smallest absolute Gasteiger partial charge is 0.195 e. The number of hydrogen-bond donors (Lipinski definition) is 1. The zero-order chi connectivity index (χ0) is 10.3. The van der Waals surface area contributed by atoms with Gasteiger partial charge < -0.3 is 9.30 Å². The summed E-state index contributed by atoms with van der Waals surface area (Å²) in [4.78, 5) is 0. The van der Waals surface area contributed by atoms with Gasteiger partial charge in [-0.05, 0) is 37.9 Å². The van der Waals surface area contributed by atoms with E-state index in [2.05, 4.69) is 14.8 Å². The normalized spacial score (nSPS) is 23.2. The maximum absolute atomic E-state index is 5.38. The van der Waals surface area contributed by atoms with Gasteiger partial charge in [-0.1, -0.05) is 0 Å². The van der Waals surface area contributed by atoms with Crippen LogP contribution < -0.4 is 0 Å². The highest BCUT2D eigenvalue weighted by molar-refractivity contribution is 7.71. The van der Waals surface area contributed by atoms with Gasteiger partial charge in [-0.3, -0.25) is 5.10 Å². The number of H-pyrrole nitrogens is 1. The van der Waals surface area contributed by atoms with E-state index < -0.39 is 0 Å². The minimum Gasteiger partial charge on any atom is -0.381 e. The Balaban J connectivity index is 1.93. The molecule has 82 valence electrons. The molecular weight excluding hydrogens is 210 g/mol. The van der Waals surface area contributed by atoms with Gasteiger partial charge in [0.25, 0.3) is 0 Å². The van der Waals surface area contributed by atoms with Gasteiger partial charge in [0.05, 0.1) is 0 Å². The standard InChI is InChI=1S/C10H15N3OS/c15-10-12-11-9(7-1-2-7)13(10)8-3-5-14-6-4-8/h7-8H,1-6H2,(H,12,15). The Morgan fingerprint density at radius 2 is 2.00 bits per heavy atom. The van der Waals surface area contributed by atoms with E-state index in [0.29, 0.717) is 12.0 Å². The number of hydrogen-bond acceptors (Lipinski definition) is 3. The quantitative estimate of drug-likeness (QED) is 0.784. The monoisotopic (exact) mass is 225 g/mol. The summed E-state index contributed by atoms with van der Waals surface area (Å²) in [5.41, 5.74) is 0. The Morgan fingerprint density at radius 3 is 2.67 bits per heavy atom. The molecule has 3 rings (SSSR count). The van der Waals surface area contributed by atoms with Gasteiger partial charge in [0.2, 0.25) is 0 Å². The van der Waals surface area contributed by atoms with Crippen molar-refractivity contribution in [3.8, 4) is 0 Å². The molecule has 0 bridgehead atoms. The Kier molecular flexibility index (Phi) is 2.36. The van der Waals surface area contributed by atoms with Gasteiger partial charge in [-0.25, -0.2) is 0 Å². The van der Waals surface area contributed by atoms with Crippen LogP contribution in [0, 0.1) is 4.77 Å². The van der Waals surface area contributed by atoms with Gasteiger partial charge in [0, 0.05) is 25.2 Å². The highest BCUT2D eigenvalue weighted by Crippen LogP contribution is 2.40. The molecule has 1 saturated heterocycles. The molecule has 2 aliphatic rings. The first-order valence-corrected chi connectivity index (χ1v) is 6.01. The summed E-state index contributed by atoms with van der Waals surface area (Å²) in [7, 11) is 0. The van der Waals surface area contributed by atoms with Gasteiger partial charge in [0.15, 0.2) is 4.77 Å². The van der Waals surface area contributed by atoms with Crippen molar-refractivity contribution in [1.82, 2.24) is 14.8 Å². The van der Waals surface area contributed by atoms with Crippen LogP contribution >= 0.6 is 12.2 Å². The van der Waals surface area contributed by atoms with Crippen LogP contribution in [0.15, 0.2) is 0 Å². The predicted octanol–water partition coefficient (Wildman–Crippen LogP) is 2.17. The summed E-state index contributed by atoms with van der Waals surface area (Å²) < 4.78 is 8.39. The minimum absolute atomic E-state index is 0.501. The molecule has 0 spiro atoms. The molecule has 0 unspecified atom stereocenters. The molecule has 0 amide bonds. The molecule has 2 fully saturated rings. The molecule has 1 aromatic heterocycles. The number of nitrogens with one attached hydrogen (secondary N) is 1. The Morgan fingerprint density at radius 1 is 1.27 bits per heavy atom. The molecule has 0 radical (unpaired) electrons. The third-order valence-corrected chi connectivity index (χ3v) is 3.52. The van der Waals surface area contributed by atoms with Crippen molar-refractivity contribution < 1.29 is 4.74 Å². The van der Waals surface area contributed by atoms with E-state index in [-0.39, 0.29) is 0 Å². The topological polar surface area (TPSA) is 42.8 Å². The zero-order valence-electron chi connectivity index (χ0n) is 8.61. The molecule has 4 nitrogen and oxygen atoms in total. The van der Waals surface area contributed by atoms with Crippen molar-refractivity contribution in [1.29, 1.82) is 0 Å². The molecule has 1 aliphatic carbocycles. The molecule has 1 N–H and O–H groups in total. The largest absolute Gasteiger partial charge is 0.381 e. The molecular formula is C10H15N3OS. The number of ether oxygens (including phenoxy) is 1. The van der Waals surface area contributed by atoms with Crippen molar-refractivity contribution in [2.24, 2.45) is 0 Å². The summed E-state index contributed by atoms with van der Waals surface area (Å²) in [6, 6.07) is 0.501. The molecule has 5 heteroatoms. The molecule has 0 aromatic carbocycles. The highest BCUT2D eigenvalue weighted by Gasteiger charge is 2.31. The fourth-order valence-electron chi connectivity index (χ4n) is 2.24. The maximum Gasteiger partial charge on any atom is 0.195 e. The Bertz CT molecular complexity index is 401. The van der Waals surface area contributed by atoms with Crippen LogP contribution in [0.4, 0.5) is 0 Å². The third-order valence-electron chi connectivity index (χ3n) is 3.23. The summed E-state index contributed by atoms with van der Waals surface area (Å²) in [5, 5.41) is 7.29. The van der Waals surface area contributed by atoms with Crippen molar-refractivity contribution >= 4 is 12.2 Å². The van der Waals surface area contributed by atoms with E-state index in [1.54, 1.807) is 0 Å². The van der Waals surface area contributed by atoms with E-state index >= 15 is 0 Å². The fraction of sp³-hybridized carbons (Fsp3) is 0.800. The first-order valence-electron chi connectivity index (χ1n) is 5.61. The average molecular weight is 225 g/mol. The van der Waals surface area contributed by atoms with Crippen LogP contribution in [0.1, 0.15) is 43.5 Å². The van der Waals surface area contributed by atoms with Crippen molar-refractivity contribution in [3.05, 3.63) is 10.6 Å². The Hall–Kier alpha value is -0.680. The summed E-state index contributed by atoms with van der Waals surface area (Å²) in [6.45, 7) is 1.70. The molecule has 15 heavy (non-hydrogen) atoms. The second kappa shape index (κ2) is 3.72. The molecule has 1 aromatic rings. The first-order chi connectivity index (χ1) is 7.36. The lowest BCUT2D eigenvalue weighted by atomic mass is 10.1. The highest BCUT2D eigenvalue weighted by atomic mass is 32.1.